The highest BCUT2D eigenvalue weighted by Crippen LogP contribution is 2.00. The SMILES string of the molecule is O/C=C/C(O)C(O)C(O)CO. The van der Waals surface area contributed by atoms with E-state index in [0.29, 0.717) is 6.26 Å². The van der Waals surface area contributed by atoms with Gasteiger partial charge in [0.1, 0.15) is 18.3 Å². The van der Waals surface area contributed by atoms with E-state index in [-0.39, 0.29) is 0 Å². The van der Waals surface area contributed by atoms with Gasteiger partial charge in [0, 0.05) is 0 Å². The van der Waals surface area contributed by atoms with Crippen molar-refractivity contribution in [1.29, 1.82) is 0 Å². The first-order valence-corrected chi connectivity index (χ1v) is 3.09. The van der Waals surface area contributed by atoms with Gasteiger partial charge in [0.15, 0.2) is 0 Å². The van der Waals surface area contributed by atoms with Gasteiger partial charge < -0.3 is 25.5 Å². The summed E-state index contributed by atoms with van der Waals surface area (Å²) in [6.07, 6.45) is -2.81. The molecule has 0 fully saturated rings. The predicted octanol–water partition coefficient (Wildman–Crippen LogP) is -1.87. The zero-order valence-electron chi connectivity index (χ0n) is 5.83. The number of rotatable bonds is 4. The van der Waals surface area contributed by atoms with E-state index in [1.165, 1.54) is 0 Å². The second kappa shape index (κ2) is 5.09. The molecular weight excluding hydrogens is 152 g/mol. The highest BCUT2D eigenvalue weighted by molar-refractivity contribution is 4.89. The van der Waals surface area contributed by atoms with Crippen LogP contribution in [0.3, 0.4) is 0 Å². The Hall–Kier alpha value is -0.620. The summed E-state index contributed by atoms with van der Waals surface area (Å²) in [4.78, 5) is 0. The van der Waals surface area contributed by atoms with Crippen molar-refractivity contribution < 1.29 is 25.5 Å². The van der Waals surface area contributed by atoms with Crippen LogP contribution in [0.1, 0.15) is 0 Å². The Bertz CT molecular complexity index is 124. The summed E-state index contributed by atoms with van der Waals surface area (Å²) >= 11 is 0. The fourth-order valence-electron chi connectivity index (χ4n) is 0.538. The smallest absolute Gasteiger partial charge is 0.112 e. The van der Waals surface area contributed by atoms with Gasteiger partial charge in [0.05, 0.1) is 12.9 Å². The maximum atomic E-state index is 8.89. The van der Waals surface area contributed by atoms with Crippen LogP contribution in [0.25, 0.3) is 0 Å². The van der Waals surface area contributed by atoms with E-state index in [0.717, 1.165) is 6.08 Å². The molecule has 0 aromatic rings. The van der Waals surface area contributed by atoms with Crippen molar-refractivity contribution >= 4 is 0 Å². The van der Waals surface area contributed by atoms with Crippen LogP contribution in [0.15, 0.2) is 12.3 Å². The van der Waals surface area contributed by atoms with Crippen molar-refractivity contribution in [2.24, 2.45) is 0 Å². The maximum Gasteiger partial charge on any atom is 0.112 e. The van der Waals surface area contributed by atoms with Gasteiger partial charge in [-0.2, -0.15) is 0 Å². The van der Waals surface area contributed by atoms with Crippen LogP contribution >= 0.6 is 0 Å². The Balaban J connectivity index is 3.90. The van der Waals surface area contributed by atoms with Crippen molar-refractivity contribution in [1.82, 2.24) is 0 Å². The molecule has 0 aromatic carbocycles. The van der Waals surface area contributed by atoms with Gasteiger partial charge in [0.2, 0.25) is 0 Å². The average Bonchev–Trinajstić information content (AvgIpc) is 2.02. The van der Waals surface area contributed by atoms with E-state index in [4.69, 9.17) is 25.5 Å². The summed E-state index contributed by atoms with van der Waals surface area (Å²) in [5.41, 5.74) is 0. The Labute approximate surface area is 63.8 Å². The van der Waals surface area contributed by atoms with Crippen molar-refractivity contribution in [3.05, 3.63) is 12.3 Å². The Morgan fingerprint density at radius 1 is 1.18 bits per heavy atom. The lowest BCUT2D eigenvalue weighted by atomic mass is 10.1. The second-order valence-corrected chi connectivity index (χ2v) is 2.07. The van der Waals surface area contributed by atoms with Crippen LogP contribution in [0.4, 0.5) is 0 Å². The molecule has 0 spiro atoms. The lowest BCUT2D eigenvalue weighted by Crippen LogP contribution is -2.38. The zero-order chi connectivity index (χ0) is 8.85. The Morgan fingerprint density at radius 2 is 1.73 bits per heavy atom. The summed E-state index contributed by atoms with van der Waals surface area (Å²) in [5, 5.41) is 43.0. The third-order valence-corrected chi connectivity index (χ3v) is 1.21. The summed E-state index contributed by atoms with van der Waals surface area (Å²) in [7, 11) is 0. The normalized spacial score (nSPS) is 20.0. The summed E-state index contributed by atoms with van der Waals surface area (Å²) in [6, 6.07) is 0. The molecule has 5 heteroatoms. The third-order valence-electron chi connectivity index (χ3n) is 1.21. The highest BCUT2D eigenvalue weighted by atomic mass is 16.4. The van der Waals surface area contributed by atoms with Crippen LogP contribution in [0, 0.1) is 0 Å². The molecule has 5 nitrogen and oxygen atoms in total. The molecule has 0 radical (unpaired) electrons. The second-order valence-electron chi connectivity index (χ2n) is 2.07. The molecule has 0 aliphatic heterocycles. The van der Waals surface area contributed by atoms with Gasteiger partial charge in [-0.05, 0) is 6.08 Å². The van der Waals surface area contributed by atoms with Crippen LogP contribution in [0.5, 0.6) is 0 Å². The van der Waals surface area contributed by atoms with Crippen molar-refractivity contribution in [3.8, 4) is 0 Å². The number of aliphatic hydroxyl groups is 5. The minimum absolute atomic E-state index is 0.554. The molecular formula is C6H12O5. The average molecular weight is 164 g/mol. The van der Waals surface area contributed by atoms with Gasteiger partial charge in [0.25, 0.3) is 0 Å². The van der Waals surface area contributed by atoms with Crippen molar-refractivity contribution in [2.75, 3.05) is 6.61 Å². The quantitative estimate of drug-likeness (QED) is 0.313. The number of hydrogen-bond donors (Lipinski definition) is 5. The Kier molecular flexibility index (Phi) is 4.80. The molecule has 0 amide bonds. The van der Waals surface area contributed by atoms with Gasteiger partial charge in [-0.15, -0.1) is 0 Å². The van der Waals surface area contributed by atoms with Gasteiger partial charge in [-0.25, -0.2) is 0 Å². The van der Waals surface area contributed by atoms with E-state index >= 15 is 0 Å². The summed E-state index contributed by atoms with van der Waals surface area (Å²) in [6.45, 7) is -0.641. The molecule has 0 saturated heterocycles. The number of aliphatic hydroxyl groups excluding tert-OH is 5. The number of hydrogen-bond acceptors (Lipinski definition) is 5. The first kappa shape index (κ1) is 10.4. The molecule has 66 valence electrons. The first-order valence-electron chi connectivity index (χ1n) is 3.09. The van der Waals surface area contributed by atoms with E-state index in [2.05, 4.69) is 0 Å². The van der Waals surface area contributed by atoms with Crippen LogP contribution < -0.4 is 0 Å². The lowest BCUT2D eigenvalue weighted by Gasteiger charge is -2.18. The van der Waals surface area contributed by atoms with E-state index in [1.54, 1.807) is 0 Å². The fraction of sp³-hybridized carbons (Fsp3) is 0.667. The predicted molar refractivity (Wildman–Crippen MR) is 36.9 cm³/mol. The zero-order valence-corrected chi connectivity index (χ0v) is 5.83. The highest BCUT2D eigenvalue weighted by Gasteiger charge is 2.21. The molecule has 3 atom stereocenters. The van der Waals surface area contributed by atoms with Crippen LogP contribution in [-0.4, -0.2) is 50.5 Å². The van der Waals surface area contributed by atoms with E-state index in [1.807, 2.05) is 0 Å². The largest absolute Gasteiger partial charge is 0.516 e. The van der Waals surface area contributed by atoms with Gasteiger partial charge in [-0.1, -0.05) is 0 Å². The summed E-state index contributed by atoms with van der Waals surface area (Å²) in [5.74, 6) is 0. The topological polar surface area (TPSA) is 101 Å². The monoisotopic (exact) mass is 164 g/mol. The molecule has 0 aliphatic rings. The first-order chi connectivity index (χ1) is 5.13. The molecule has 0 bridgehead atoms. The van der Waals surface area contributed by atoms with Crippen molar-refractivity contribution in [3.63, 3.8) is 0 Å². The fourth-order valence-corrected chi connectivity index (χ4v) is 0.538. The third kappa shape index (κ3) is 3.33. The van der Waals surface area contributed by atoms with E-state index < -0.39 is 24.9 Å². The van der Waals surface area contributed by atoms with Gasteiger partial charge in [-0.3, -0.25) is 0 Å². The Morgan fingerprint density at radius 3 is 2.09 bits per heavy atom. The van der Waals surface area contributed by atoms with Crippen LogP contribution in [0.2, 0.25) is 0 Å². The lowest BCUT2D eigenvalue weighted by molar-refractivity contribution is -0.0614. The molecule has 11 heavy (non-hydrogen) atoms. The molecule has 0 rings (SSSR count). The minimum atomic E-state index is -1.48. The minimum Gasteiger partial charge on any atom is -0.516 e. The van der Waals surface area contributed by atoms with E-state index in [9.17, 15) is 0 Å². The molecule has 0 aromatic heterocycles. The summed E-state index contributed by atoms with van der Waals surface area (Å²) < 4.78 is 0. The molecule has 0 aliphatic carbocycles. The molecule has 0 heterocycles. The standard InChI is InChI=1S/C6H12O5/c7-2-1-4(9)6(11)5(10)3-8/h1-2,4-11H,3H2/b2-1+. The molecule has 5 N–H and O–H groups in total. The molecule has 0 saturated carbocycles. The maximum absolute atomic E-state index is 8.89. The van der Waals surface area contributed by atoms with Gasteiger partial charge >= 0.3 is 0 Å². The molecule has 3 unspecified atom stereocenters. The van der Waals surface area contributed by atoms with Crippen molar-refractivity contribution in [2.45, 2.75) is 18.3 Å². The van der Waals surface area contributed by atoms with Crippen LogP contribution in [-0.2, 0) is 0 Å².